The van der Waals surface area contributed by atoms with Crippen LogP contribution in [-0.4, -0.2) is 238 Å². The molecule has 0 saturated heterocycles. The minimum absolute atomic E-state index is 0.00000556. The van der Waals surface area contributed by atoms with Crippen LogP contribution in [0.25, 0.3) is 11.1 Å². The minimum Gasteiger partial charge on any atom is -0.508 e. The number of carbonyl (C=O) groups excluding carboxylic acids is 5. The Morgan fingerprint density at radius 1 is 0.582 bits per heavy atom. The standard InChI is InChI=1S/C66H66N2O20S4.C10H16N2O4S2/c69-35-86-53-26-37(2-8-45(53)63-48-11-5-40(72)29-56(48)88-57-30-41(73)6-12-49(57)63)24-43(90)32-85-22-20-83-18-16-61(75)68-52(66(80)81)34-92-59-14-13-58(59)91-33-51(65(78)79)67-60(74)15-17-82-19-21-84-31-42(89)23-36-1-7-44(50(25-36)64(76)77)62-46-9-3-38(70)27-54(46)87-55-28-39(71)4-10-47(55)62;11-5(9(13)14)3-17-7-1-2-8(7)18-4-6(12)10(15)16/h1-12,25-30,35,46,48,51-52,55,57-59,71,73H,13-24,31-34H2,(H,67,74)(H,68,75)(H,76,77)(H,78,79)(H,80,81);5,7-8,12H,1-4,11H2,(H,13,14)(H,15,16)/p+1. The molecule has 0 aromatic heterocycles. The number of carboxylic acids is 5. The van der Waals surface area contributed by atoms with Gasteiger partial charge in [-0.25, -0.2) is 19.2 Å². The fraction of sp³-hybridized carbons (Fsp3) is 0.408. The number of ketones is 2. The van der Waals surface area contributed by atoms with Crippen molar-refractivity contribution in [3.63, 3.8) is 0 Å². The third-order valence-electron chi connectivity index (χ3n) is 18.2. The molecule has 2 amide bonds. The van der Waals surface area contributed by atoms with E-state index in [0.717, 1.165) is 42.4 Å². The van der Waals surface area contributed by atoms with Crippen molar-refractivity contribution in [2.45, 2.75) is 103 Å². The zero-order valence-electron chi connectivity index (χ0n) is 59.1. The molecule has 0 radical (unpaired) electrons. The van der Waals surface area contributed by atoms with E-state index in [4.69, 9.17) is 78.9 Å². The summed E-state index contributed by atoms with van der Waals surface area (Å²) in [4.78, 5) is 121. The number of aromatic carboxylic acids is 1. The van der Waals surface area contributed by atoms with Gasteiger partial charge in [0.1, 0.15) is 59.1 Å². The average Bonchev–Trinajstić information content (AvgIpc) is 0.754. The Bertz CT molecular complexity index is 4250. The number of nitrogens with one attached hydrogen (secondary N) is 2. The van der Waals surface area contributed by atoms with Crippen molar-refractivity contribution in [3.05, 3.63) is 171 Å². The number of nitrogens with two attached hydrogens (primary N) is 2. The van der Waals surface area contributed by atoms with Crippen LogP contribution < -0.4 is 26.5 Å². The molecule has 2 aromatic rings. The van der Waals surface area contributed by atoms with Gasteiger partial charge in [0, 0.05) is 115 Å². The number of ether oxygens (including phenoxy) is 7. The first-order valence-electron chi connectivity index (χ1n) is 34.9. The van der Waals surface area contributed by atoms with Gasteiger partial charge in [-0.05, 0) is 90.0 Å². The number of fused-ring (bicyclic) bond motifs is 4. The third-order valence-corrected chi connectivity index (χ3v) is 25.1. The molecule has 13 N–H and O–H groups in total. The molecule has 8 aliphatic rings. The molecule has 0 spiro atoms. The van der Waals surface area contributed by atoms with E-state index in [9.17, 15) is 73.5 Å². The summed E-state index contributed by atoms with van der Waals surface area (Å²) in [5.41, 5.74) is 10.6. The number of amides is 2. The summed E-state index contributed by atoms with van der Waals surface area (Å²) >= 11 is 16.9. The first kappa shape index (κ1) is 85.2. The predicted octanol–water partition coefficient (Wildman–Crippen LogP) is 5.71. The number of aliphatic hydroxyl groups is 2. The molecule has 11 atom stereocenters. The van der Waals surface area contributed by atoms with Gasteiger partial charge in [0.15, 0.2) is 11.6 Å². The molecule has 2 heterocycles. The van der Waals surface area contributed by atoms with E-state index in [0.29, 0.717) is 84.0 Å². The van der Waals surface area contributed by atoms with E-state index in [1.165, 1.54) is 83.9 Å². The molecule has 2 saturated carbocycles. The Balaban J connectivity index is 0.000000679. The van der Waals surface area contributed by atoms with Gasteiger partial charge in [-0.15, -0.1) is 11.8 Å². The SMILES string of the molecule is NC(CSC1CCC1SCC(=[NH2+])C(=O)O)C(=O)O.O=COc1cc(CC(=S)COCCOCCC(=O)NC(CSC2CCC2SCC(NC(=O)CCOCCOCC(=S)Cc2ccc(C3=C4C=CC(O)=CC4OC4=CC(=O)C=CC43)c(C(=O)O)c2)C(=O)O)C(=O)O)ccc1C1=C2C=CC(O)=CC2OC2=CC(=O)C=CC21. The Labute approximate surface area is 659 Å². The van der Waals surface area contributed by atoms with Gasteiger partial charge in [0.25, 0.3) is 12.2 Å². The predicted molar refractivity (Wildman–Crippen MR) is 419 cm³/mol. The second-order valence-corrected chi connectivity index (χ2v) is 32.2. The Morgan fingerprint density at radius 2 is 1.03 bits per heavy atom. The van der Waals surface area contributed by atoms with Gasteiger partial charge in [0.05, 0.1) is 76.0 Å². The summed E-state index contributed by atoms with van der Waals surface area (Å²) in [7, 11) is 0. The molecule has 110 heavy (non-hydrogen) atoms. The number of hydrogen-bond donors (Lipinski definition) is 11. The van der Waals surface area contributed by atoms with Gasteiger partial charge in [-0.3, -0.25) is 34.2 Å². The number of thiocarbonyl (C=S) groups is 2. The lowest BCUT2D eigenvalue weighted by Gasteiger charge is -2.36. The van der Waals surface area contributed by atoms with E-state index in [-0.39, 0.29) is 134 Å². The lowest BCUT2D eigenvalue weighted by molar-refractivity contribution is -0.147. The third kappa shape index (κ3) is 24.3. The lowest BCUT2D eigenvalue weighted by atomic mass is 9.78. The summed E-state index contributed by atoms with van der Waals surface area (Å²) in [6.45, 7) is 1.04. The number of allylic oxidation sites excluding steroid dienone is 8. The summed E-state index contributed by atoms with van der Waals surface area (Å²) in [6.07, 6.45) is 21.0. The molecule has 2 fully saturated rings. The number of hydrogen-bond acceptors (Lipinski definition) is 26. The second kappa shape index (κ2) is 41.5. The largest absolute Gasteiger partial charge is 0.508 e. The van der Waals surface area contributed by atoms with Crippen molar-refractivity contribution in [3.8, 4) is 5.75 Å². The number of benzene rings is 2. The van der Waals surface area contributed by atoms with E-state index < -0.39 is 83.8 Å². The van der Waals surface area contributed by atoms with Crippen LogP contribution in [-0.2, 0) is 84.4 Å². The lowest BCUT2D eigenvalue weighted by Crippen LogP contribution is -2.47. The first-order valence-corrected chi connectivity index (χ1v) is 39.9. The highest BCUT2D eigenvalue weighted by Crippen LogP contribution is 2.48. The van der Waals surface area contributed by atoms with E-state index in [2.05, 4.69) is 10.6 Å². The summed E-state index contributed by atoms with van der Waals surface area (Å²) < 4.78 is 40.1. The highest BCUT2D eigenvalue weighted by molar-refractivity contribution is 8.04. The number of thioether (sulfide) groups is 4. The van der Waals surface area contributed by atoms with Gasteiger partial charge in [-0.1, -0.05) is 73.0 Å². The van der Waals surface area contributed by atoms with Crippen LogP contribution in [0.5, 0.6) is 5.75 Å². The maximum Gasteiger partial charge on any atom is 0.396 e. The van der Waals surface area contributed by atoms with Crippen LogP contribution in [0.3, 0.4) is 0 Å². The molecule has 6 aliphatic carbocycles. The molecule has 2 aromatic carbocycles. The molecule has 28 nitrogen and oxygen atoms in total. The normalized spacial score (nSPS) is 21.9. The van der Waals surface area contributed by atoms with Crippen molar-refractivity contribution in [1.29, 1.82) is 0 Å². The number of aliphatic carboxylic acids is 4. The number of carboxylic acid groups (broad SMARTS) is 5. The smallest absolute Gasteiger partial charge is 0.396 e. The fourth-order valence-corrected chi connectivity index (χ4v) is 18.8. The highest BCUT2D eigenvalue weighted by Gasteiger charge is 2.41. The Kier molecular flexibility index (Phi) is 32.1. The van der Waals surface area contributed by atoms with E-state index in [1.54, 1.807) is 60.3 Å². The van der Waals surface area contributed by atoms with Crippen molar-refractivity contribution >= 4 is 158 Å². The minimum atomic E-state index is -1.21. The number of carbonyl (C=O) groups is 10. The quantitative estimate of drug-likeness (QED) is 0.0164. The van der Waals surface area contributed by atoms with Crippen molar-refractivity contribution in [2.75, 3.05) is 75.9 Å². The molecular weight excluding hydrogens is 1550 g/mol. The van der Waals surface area contributed by atoms with Crippen LogP contribution in [0.2, 0.25) is 0 Å². The summed E-state index contributed by atoms with van der Waals surface area (Å²) in [5, 5.41) is 78.9. The zero-order chi connectivity index (χ0) is 79.1. The maximum atomic E-state index is 12.8. The number of rotatable bonds is 43. The first-order chi connectivity index (χ1) is 52.7. The van der Waals surface area contributed by atoms with Crippen molar-refractivity contribution in [2.24, 2.45) is 17.6 Å². The topological polar surface area (TPSA) is 453 Å². The molecule has 34 heteroatoms. The van der Waals surface area contributed by atoms with Crippen LogP contribution in [0.4, 0.5) is 0 Å². The fourth-order valence-electron chi connectivity index (χ4n) is 12.3. The van der Waals surface area contributed by atoms with Crippen LogP contribution >= 0.6 is 71.5 Å². The summed E-state index contributed by atoms with van der Waals surface area (Å²) in [6, 6.07) is 7.20. The molecular formula is C76H83N4O24S6+. The van der Waals surface area contributed by atoms with Crippen LogP contribution in [0.1, 0.15) is 71.1 Å². The Hall–Kier alpha value is -8.81. The molecule has 586 valence electrons. The monoisotopic (exact) mass is 1630 g/mol. The van der Waals surface area contributed by atoms with Gasteiger partial charge in [0.2, 0.25) is 11.8 Å². The summed E-state index contributed by atoms with van der Waals surface area (Å²) in [5.74, 6) is -6.25. The van der Waals surface area contributed by atoms with E-state index in [1.807, 2.05) is 12.1 Å². The van der Waals surface area contributed by atoms with Crippen LogP contribution in [0.15, 0.2) is 143 Å². The average molecular weight is 1630 g/mol. The molecule has 10 rings (SSSR count). The van der Waals surface area contributed by atoms with Gasteiger partial charge in [-0.2, -0.15) is 35.3 Å². The van der Waals surface area contributed by atoms with Gasteiger partial charge >= 0.3 is 29.8 Å². The highest BCUT2D eigenvalue weighted by atomic mass is 32.2. The molecule has 2 aliphatic heterocycles. The Morgan fingerprint density at radius 3 is 1.47 bits per heavy atom. The second-order valence-electron chi connectivity index (χ2n) is 26.0. The zero-order valence-corrected chi connectivity index (χ0v) is 64.0. The van der Waals surface area contributed by atoms with Gasteiger partial charge < -0.3 is 85.3 Å². The molecule has 0 bridgehead atoms. The van der Waals surface area contributed by atoms with Crippen molar-refractivity contribution in [1.82, 2.24) is 10.6 Å². The van der Waals surface area contributed by atoms with Crippen molar-refractivity contribution < 1.29 is 122 Å². The number of aliphatic hydroxyl groups excluding tert-OH is 2. The van der Waals surface area contributed by atoms with E-state index >= 15 is 0 Å². The molecule has 11 unspecified atom stereocenters. The maximum absolute atomic E-state index is 12.8. The van der Waals surface area contributed by atoms with Crippen LogP contribution in [0, 0.1) is 11.8 Å².